The standard InChI is InChI=1S/C14H14ClN5O2/c15-14-18-12(16-7-9-3-1-5-21-9)11-13(19-14)20(8-17-11)10-4-2-6-22-10/h1,3,5,8,10H,2,4,6-7H2,(H,16,18,19). The molecule has 0 saturated carbocycles. The van der Waals surface area contributed by atoms with Crippen LogP contribution >= 0.6 is 11.6 Å². The van der Waals surface area contributed by atoms with Gasteiger partial charge in [0, 0.05) is 6.61 Å². The number of nitrogens with zero attached hydrogens (tertiary/aromatic N) is 4. The average Bonchev–Trinajstić information content (AvgIpc) is 3.24. The molecule has 1 atom stereocenters. The van der Waals surface area contributed by atoms with Gasteiger partial charge in [-0.15, -0.1) is 0 Å². The molecule has 4 rings (SSSR count). The van der Waals surface area contributed by atoms with E-state index in [4.69, 9.17) is 20.8 Å². The van der Waals surface area contributed by atoms with Crippen molar-refractivity contribution >= 4 is 28.6 Å². The fourth-order valence-corrected chi connectivity index (χ4v) is 2.75. The number of aromatic nitrogens is 4. The third-order valence-corrected chi connectivity index (χ3v) is 3.79. The minimum atomic E-state index is -0.0334. The molecule has 8 heteroatoms. The minimum Gasteiger partial charge on any atom is -0.467 e. The molecule has 1 aliphatic rings. The van der Waals surface area contributed by atoms with Gasteiger partial charge >= 0.3 is 0 Å². The van der Waals surface area contributed by atoms with Crippen LogP contribution in [-0.4, -0.2) is 26.1 Å². The monoisotopic (exact) mass is 319 g/mol. The molecule has 0 radical (unpaired) electrons. The first kappa shape index (κ1) is 13.5. The van der Waals surface area contributed by atoms with E-state index in [9.17, 15) is 0 Å². The first-order valence-corrected chi connectivity index (χ1v) is 7.47. The van der Waals surface area contributed by atoms with Crippen LogP contribution in [0.2, 0.25) is 5.28 Å². The first-order valence-electron chi connectivity index (χ1n) is 7.09. The maximum Gasteiger partial charge on any atom is 0.226 e. The highest BCUT2D eigenvalue weighted by atomic mass is 35.5. The van der Waals surface area contributed by atoms with Crippen molar-refractivity contribution < 1.29 is 9.15 Å². The molecule has 1 aliphatic heterocycles. The summed E-state index contributed by atoms with van der Waals surface area (Å²) in [6.45, 7) is 1.26. The Balaban J connectivity index is 1.68. The predicted molar refractivity (Wildman–Crippen MR) is 80.6 cm³/mol. The second-order valence-electron chi connectivity index (χ2n) is 5.07. The first-order chi connectivity index (χ1) is 10.8. The van der Waals surface area contributed by atoms with E-state index in [1.54, 1.807) is 12.6 Å². The van der Waals surface area contributed by atoms with E-state index in [1.165, 1.54) is 0 Å². The zero-order valence-corrected chi connectivity index (χ0v) is 12.5. The lowest BCUT2D eigenvalue weighted by atomic mass is 10.3. The van der Waals surface area contributed by atoms with E-state index in [1.807, 2.05) is 16.7 Å². The van der Waals surface area contributed by atoms with Gasteiger partial charge in [-0.1, -0.05) is 0 Å². The molecule has 0 bridgehead atoms. The predicted octanol–water partition coefficient (Wildman–Crippen LogP) is 2.99. The molecule has 0 aliphatic carbocycles. The number of fused-ring (bicyclic) bond motifs is 1. The zero-order valence-electron chi connectivity index (χ0n) is 11.7. The Hall–Kier alpha value is -2.12. The Labute approximate surface area is 131 Å². The summed E-state index contributed by atoms with van der Waals surface area (Å²) in [4.78, 5) is 12.9. The van der Waals surface area contributed by atoms with Gasteiger partial charge in [-0.2, -0.15) is 9.97 Å². The molecule has 3 aromatic rings. The normalized spacial score (nSPS) is 18.1. The summed E-state index contributed by atoms with van der Waals surface area (Å²) >= 11 is 6.05. The third kappa shape index (κ3) is 2.42. The van der Waals surface area contributed by atoms with Crippen molar-refractivity contribution in [1.29, 1.82) is 0 Å². The van der Waals surface area contributed by atoms with Crippen molar-refractivity contribution in [2.45, 2.75) is 25.6 Å². The highest BCUT2D eigenvalue weighted by Gasteiger charge is 2.22. The van der Waals surface area contributed by atoms with Crippen molar-refractivity contribution in [2.75, 3.05) is 11.9 Å². The molecular formula is C14H14ClN5O2. The van der Waals surface area contributed by atoms with Crippen molar-refractivity contribution in [2.24, 2.45) is 0 Å². The van der Waals surface area contributed by atoms with Crippen molar-refractivity contribution in [1.82, 2.24) is 19.5 Å². The number of rotatable bonds is 4. The van der Waals surface area contributed by atoms with Crippen LogP contribution in [-0.2, 0) is 11.3 Å². The number of imidazole rings is 1. The van der Waals surface area contributed by atoms with Crippen LogP contribution in [0.15, 0.2) is 29.1 Å². The summed E-state index contributed by atoms with van der Waals surface area (Å²) in [7, 11) is 0. The maximum absolute atomic E-state index is 6.05. The Kier molecular flexibility index (Phi) is 3.44. The Bertz CT molecular complexity index is 780. The van der Waals surface area contributed by atoms with Gasteiger partial charge in [0.15, 0.2) is 17.0 Å². The zero-order chi connectivity index (χ0) is 14.9. The van der Waals surface area contributed by atoms with E-state index in [2.05, 4.69) is 20.3 Å². The summed E-state index contributed by atoms with van der Waals surface area (Å²) in [6, 6.07) is 3.73. The molecule has 3 aromatic heterocycles. The molecule has 22 heavy (non-hydrogen) atoms. The molecular weight excluding hydrogens is 306 g/mol. The molecule has 7 nitrogen and oxygen atoms in total. The van der Waals surface area contributed by atoms with Crippen LogP contribution in [0, 0.1) is 0 Å². The fourth-order valence-electron chi connectivity index (χ4n) is 2.59. The lowest BCUT2D eigenvalue weighted by molar-refractivity contribution is 0.0593. The van der Waals surface area contributed by atoms with Gasteiger partial charge in [-0.3, -0.25) is 4.57 Å². The third-order valence-electron chi connectivity index (χ3n) is 3.62. The van der Waals surface area contributed by atoms with Crippen molar-refractivity contribution in [3.05, 3.63) is 35.8 Å². The second-order valence-corrected chi connectivity index (χ2v) is 5.40. The van der Waals surface area contributed by atoms with Gasteiger partial charge in [-0.05, 0) is 36.6 Å². The van der Waals surface area contributed by atoms with Crippen LogP contribution < -0.4 is 5.32 Å². The largest absolute Gasteiger partial charge is 0.467 e. The van der Waals surface area contributed by atoms with Gasteiger partial charge < -0.3 is 14.5 Å². The molecule has 0 amide bonds. The van der Waals surface area contributed by atoms with Gasteiger partial charge in [0.1, 0.15) is 12.0 Å². The molecule has 1 unspecified atom stereocenters. The van der Waals surface area contributed by atoms with E-state index < -0.39 is 0 Å². The number of ether oxygens (including phenoxy) is 1. The van der Waals surface area contributed by atoms with Crippen LogP contribution in [0.5, 0.6) is 0 Å². The van der Waals surface area contributed by atoms with Gasteiger partial charge in [-0.25, -0.2) is 4.98 Å². The average molecular weight is 320 g/mol. The van der Waals surface area contributed by atoms with Gasteiger partial charge in [0.05, 0.1) is 19.1 Å². The van der Waals surface area contributed by atoms with Crippen LogP contribution in [0.1, 0.15) is 24.8 Å². The molecule has 0 spiro atoms. The van der Waals surface area contributed by atoms with Crippen molar-refractivity contribution in [3.63, 3.8) is 0 Å². The molecule has 1 saturated heterocycles. The van der Waals surface area contributed by atoms with Gasteiger partial charge in [0.2, 0.25) is 5.28 Å². The number of anilines is 1. The highest BCUT2D eigenvalue weighted by molar-refractivity contribution is 6.28. The SMILES string of the molecule is Clc1nc(NCc2ccco2)c2ncn(C3CCCO3)c2n1. The Morgan fingerprint density at radius 3 is 3.14 bits per heavy atom. The number of hydrogen-bond donors (Lipinski definition) is 1. The number of hydrogen-bond acceptors (Lipinski definition) is 6. The number of furan rings is 1. The molecule has 1 fully saturated rings. The number of halogens is 1. The molecule has 114 valence electrons. The van der Waals surface area contributed by atoms with Crippen molar-refractivity contribution in [3.8, 4) is 0 Å². The second kappa shape index (κ2) is 5.58. The molecule has 0 aromatic carbocycles. The Morgan fingerprint density at radius 1 is 1.41 bits per heavy atom. The topological polar surface area (TPSA) is 78.0 Å². The van der Waals surface area contributed by atoms with E-state index in [-0.39, 0.29) is 11.5 Å². The van der Waals surface area contributed by atoms with E-state index in [0.29, 0.717) is 23.5 Å². The number of nitrogens with one attached hydrogen (secondary N) is 1. The molecule has 4 heterocycles. The lowest BCUT2D eigenvalue weighted by Crippen LogP contribution is -2.08. The lowest BCUT2D eigenvalue weighted by Gasteiger charge is -2.12. The fraction of sp³-hybridized carbons (Fsp3) is 0.357. The van der Waals surface area contributed by atoms with Crippen LogP contribution in [0.3, 0.4) is 0 Å². The summed E-state index contributed by atoms with van der Waals surface area (Å²) in [5.41, 5.74) is 1.35. The Morgan fingerprint density at radius 2 is 2.36 bits per heavy atom. The minimum absolute atomic E-state index is 0.0334. The summed E-state index contributed by atoms with van der Waals surface area (Å²) in [5, 5.41) is 3.36. The van der Waals surface area contributed by atoms with E-state index in [0.717, 1.165) is 25.2 Å². The maximum atomic E-state index is 6.05. The molecule has 1 N–H and O–H groups in total. The quantitative estimate of drug-likeness (QED) is 0.745. The van der Waals surface area contributed by atoms with E-state index >= 15 is 0 Å². The smallest absolute Gasteiger partial charge is 0.226 e. The summed E-state index contributed by atoms with van der Waals surface area (Å²) in [6.07, 6.45) is 5.30. The van der Waals surface area contributed by atoms with Crippen LogP contribution in [0.4, 0.5) is 5.82 Å². The van der Waals surface area contributed by atoms with Gasteiger partial charge in [0.25, 0.3) is 0 Å². The summed E-state index contributed by atoms with van der Waals surface area (Å²) < 4.78 is 12.9. The highest BCUT2D eigenvalue weighted by Crippen LogP contribution is 2.29. The summed E-state index contributed by atoms with van der Waals surface area (Å²) in [5.74, 6) is 1.39. The van der Waals surface area contributed by atoms with Crippen LogP contribution in [0.25, 0.3) is 11.2 Å².